The topological polar surface area (TPSA) is 94.0 Å². The van der Waals surface area contributed by atoms with Crippen molar-refractivity contribution in [2.45, 2.75) is 26.3 Å². The van der Waals surface area contributed by atoms with E-state index in [1.54, 1.807) is 10.7 Å². The maximum absolute atomic E-state index is 13.8. The van der Waals surface area contributed by atoms with E-state index in [2.05, 4.69) is 5.32 Å². The van der Waals surface area contributed by atoms with Gasteiger partial charge in [0.05, 0.1) is 39.9 Å². The Hall–Kier alpha value is -4.04. The Labute approximate surface area is 215 Å². The van der Waals surface area contributed by atoms with Gasteiger partial charge in [0.1, 0.15) is 0 Å². The fourth-order valence-corrected chi connectivity index (χ4v) is 6.80. The van der Waals surface area contributed by atoms with Gasteiger partial charge in [-0.2, -0.15) is 5.10 Å². The number of benzene rings is 3. The molecule has 7 nitrogen and oxygen atoms in total. The number of pyridine rings is 1. The molecule has 0 radical (unpaired) electrons. The highest BCUT2D eigenvalue weighted by Gasteiger charge is 2.32. The summed E-state index contributed by atoms with van der Waals surface area (Å²) >= 11 is 0. The molecule has 0 aliphatic carbocycles. The van der Waals surface area contributed by atoms with Crippen LogP contribution in [-0.4, -0.2) is 40.6 Å². The van der Waals surface area contributed by atoms with Crippen molar-refractivity contribution in [3.63, 3.8) is 0 Å². The molecule has 1 fully saturated rings. The largest absolute Gasteiger partial charge is 0.321 e. The van der Waals surface area contributed by atoms with Crippen LogP contribution in [0.25, 0.3) is 33.1 Å². The predicted octanol–water partition coefficient (Wildman–Crippen LogP) is 5.48. The van der Waals surface area contributed by atoms with Crippen LogP contribution >= 0.6 is 0 Å². The number of carbonyl (C=O) groups is 1. The lowest BCUT2D eigenvalue weighted by atomic mass is 10.0. The number of rotatable bonds is 4. The maximum atomic E-state index is 13.8. The number of nitrogens with one attached hydrogen (secondary N) is 1. The SMILES string of the molecule is Cc1ccc(-c2cc(C(=O)Nc3cccc4ccccc34)c3c(C)nn(C4CCS(=O)(=O)C4)c3n2)cc1. The van der Waals surface area contributed by atoms with Gasteiger partial charge in [-0.1, -0.05) is 66.2 Å². The van der Waals surface area contributed by atoms with E-state index in [9.17, 15) is 13.2 Å². The number of amides is 1. The molecule has 1 unspecified atom stereocenters. The van der Waals surface area contributed by atoms with Crippen LogP contribution in [-0.2, 0) is 9.84 Å². The Bertz CT molecular complexity index is 1780. The van der Waals surface area contributed by atoms with Crippen LogP contribution in [0.3, 0.4) is 0 Å². The molecule has 1 atom stereocenters. The Morgan fingerprint density at radius 3 is 2.51 bits per heavy atom. The van der Waals surface area contributed by atoms with Crippen molar-refractivity contribution in [3.05, 3.63) is 89.6 Å². The predicted molar refractivity (Wildman–Crippen MR) is 147 cm³/mol. The van der Waals surface area contributed by atoms with E-state index in [0.717, 1.165) is 27.6 Å². The van der Waals surface area contributed by atoms with Gasteiger partial charge in [-0.3, -0.25) is 4.79 Å². The fraction of sp³-hybridized carbons (Fsp3) is 0.207. The first-order chi connectivity index (χ1) is 17.8. The third-order valence-electron chi connectivity index (χ3n) is 7.02. The molecule has 0 saturated carbocycles. The number of hydrogen-bond acceptors (Lipinski definition) is 5. The second-order valence-corrected chi connectivity index (χ2v) is 11.9. The Morgan fingerprint density at radius 1 is 1.00 bits per heavy atom. The first-order valence-corrected chi connectivity index (χ1v) is 14.1. The minimum atomic E-state index is -3.13. The lowest BCUT2D eigenvalue weighted by Gasteiger charge is -2.13. The zero-order valence-electron chi connectivity index (χ0n) is 20.6. The lowest BCUT2D eigenvalue weighted by molar-refractivity contribution is 0.102. The number of hydrogen-bond donors (Lipinski definition) is 1. The summed E-state index contributed by atoms with van der Waals surface area (Å²) in [4.78, 5) is 18.7. The van der Waals surface area contributed by atoms with Crippen molar-refractivity contribution in [2.75, 3.05) is 16.8 Å². The van der Waals surface area contributed by atoms with E-state index in [-0.39, 0.29) is 23.5 Å². The highest BCUT2D eigenvalue weighted by Crippen LogP contribution is 2.33. The molecule has 1 saturated heterocycles. The summed E-state index contributed by atoms with van der Waals surface area (Å²) in [6, 6.07) is 23.2. The van der Waals surface area contributed by atoms with Crippen LogP contribution < -0.4 is 5.32 Å². The molecule has 8 heteroatoms. The van der Waals surface area contributed by atoms with E-state index < -0.39 is 9.84 Å². The lowest BCUT2D eigenvalue weighted by Crippen LogP contribution is -2.15. The van der Waals surface area contributed by atoms with Crippen LogP contribution in [0.2, 0.25) is 0 Å². The van der Waals surface area contributed by atoms with Crippen molar-refractivity contribution in [2.24, 2.45) is 0 Å². The summed E-state index contributed by atoms with van der Waals surface area (Å²) in [5.74, 6) is -0.111. The van der Waals surface area contributed by atoms with E-state index in [4.69, 9.17) is 10.1 Å². The number of carbonyl (C=O) groups excluding carboxylic acids is 1. The monoisotopic (exact) mass is 510 g/mol. The summed E-state index contributed by atoms with van der Waals surface area (Å²) in [5, 5.41) is 10.4. The van der Waals surface area contributed by atoms with Gasteiger partial charge in [-0.25, -0.2) is 18.1 Å². The highest BCUT2D eigenvalue weighted by atomic mass is 32.2. The summed E-state index contributed by atoms with van der Waals surface area (Å²) < 4.78 is 26.2. The average Bonchev–Trinajstić information content (AvgIpc) is 3.42. The second kappa shape index (κ2) is 8.81. The normalized spacial score (nSPS) is 16.9. The smallest absolute Gasteiger partial charge is 0.256 e. The molecule has 1 aliphatic rings. The molecule has 3 heterocycles. The molecule has 5 aromatic rings. The van der Waals surface area contributed by atoms with Gasteiger partial charge in [-0.05, 0) is 37.8 Å². The minimum Gasteiger partial charge on any atom is -0.321 e. The summed E-state index contributed by atoms with van der Waals surface area (Å²) in [7, 11) is -3.13. The van der Waals surface area contributed by atoms with Gasteiger partial charge < -0.3 is 5.32 Å². The zero-order valence-corrected chi connectivity index (χ0v) is 21.4. The third kappa shape index (κ3) is 4.27. The van der Waals surface area contributed by atoms with Crippen molar-refractivity contribution in [3.8, 4) is 11.3 Å². The summed E-state index contributed by atoms with van der Waals surface area (Å²) in [6.45, 7) is 3.85. The van der Waals surface area contributed by atoms with Gasteiger partial charge in [0.25, 0.3) is 5.91 Å². The number of sulfone groups is 1. The van der Waals surface area contributed by atoms with Gasteiger partial charge in [-0.15, -0.1) is 0 Å². The molecule has 3 aromatic carbocycles. The standard InChI is InChI=1S/C29H26N4O3S/c1-18-10-12-21(13-11-18)26-16-24(29(34)31-25-9-5-7-20-6-3-4-8-23(20)25)27-19(2)32-33(28(27)30-26)22-14-15-37(35,36)17-22/h3-13,16,22H,14-15,17H2,1-2H3,(H,31,34). The van der Waals surface area contributed by atoms with Gasteiger partial charge >= 0.3 is 0 Å². The first kappa shape index (κ1) is 23.4. The number of aryl methyl sites for hydroxylation is 2. The van der Waals surface area contributed by atoms with E-state index in [1.807, 2.05) is 80.6 Å². The van der Waals surface area contributed by atoms with Gasteiger partial charge in [0, 0.05) is 16.6 Å². The average molecular weight is 511 g/mol. The molecule has 1 amide bonds. The summed E-state index contributed by atoms with van der Waals surface area (Å²) in [5.41, 5.74) is 4.98. The van der Waals surface area contributed by atoms with Crippen LogP contribution in [0.1, 0.15) is 34.1 Å². The van der Waals surface area contributed by atoms with E-state index >= 15 is 0 Å². The molecule has 186 valence electrons. The Kier molecular flexibility index (Phi) is 5.56. The quantitative estimate of drug-likeness (QED) is 0.346. The highest BCUT2D eigenvalue weighted by molar-refractivity contribution is 7.91. The molecule has 1 aliphatic heterocycles. The molecular weight excluding hydrogens is 484 g/mol. The van der Waals surface area contributed by atoms with Crippen LogP contribution in [0.4, 0.5) is 5.69 Å². The molecular formula is C29H26N4O3S. The van der Waals surface area contributed by atoms with Crippen molar-refractivity contribution < 1.29 is 13.2 Å². The van der Waals surface area contributed by atoms with Crippen LogP contribution in [0, 0.1) is 13.8 Å². The molecule has 2 aromatic heterocycles. The van der Waals surface area contributed by atoms with Crippen molar-refractivity contribution >= 4 is 43.2 Å². The number of anilines is 1. The van der Waals surface area contributed by atoms with Crippen molar-refractivity contribution in [1.29, 1.82) is 0 Å². The molecule has 1 N–H and O–H groups in total. The molecule has 0 spiro atoms. The van der Waals surface area contributed by atoms with Crippen molar-refractivity contribution in [1.82, 2.24) is 14.8 Å². The fourth-order valence-electron chi connectivity index (χ4n) is 5.11. The van der Waals surface area contributed by atoms with E-state index in [1.165, 1.54) is 0 Å². The molecule has 6 rings (SSSR count). The van der Waals surface area contributed by atoms with Crippen LogP contribution in [0.15, 0.2) is 72.8 Å². The molecule has 37 heavy (non-hydrogen) atoms. The first-order valence-electron chi connectivity index (χ1n) is 12.3. The molecule has 0 bridgehead atoms. The van der Waals surface area contributed by atoms with Gasteiger partial charge in [0.15, 0.2) is 15.5 Å². The zero-order chi connectivity index (χ0) is 25.7. The van der Waals surface area contributed by atoms with Gasteiger partial charge in [0.2, 0.25) is 0 Å². The third-order valence-corrected chi connectivity index (χ3v) is 8.77. The second-order valence-electron chi connectivity index (χ2n) is 9.69. The Balaban J connectivity index is 1.52. The van der Waals surface area contributed by atoms with E-state index in [0.29, 0.717) is 34.4 Å². The number of nitrogens with zero attached hydrogens (tertiary/aromatic N) is 3. The number of fused-ring (bicyclic) bond motifs is 2. The maximum Gasteiger partial charge on any atom is 0.256 e. The number of aromatic nitrogens is 3. The van der Waals surface area contributed by atoms with Crippen LogP contribution in [0.5, 0.6) is 0 Å². The Morgan fingerprint density at radius 2 is 1.76 bits per heavy atom. The minimum absolute atomic E-state index is 0.0250. The summed E-state index contributed by atoms with van der Waals surface area (Å²) in [6.07, 6.45) is 0.479.